The number of nitrogens with zero attached hydrogens (tertiary/aromatic N) is 3. The summed E-state index contributed by atoms with van der Waals surface area (Å²) in [6.07, 6.45) is 9.05. The number of aromatic nitrogens is 3. The summed E-state index contributed by atoms with van der Waals surface area (Å²) in [6, 6.07) is 3.48. The minimum absolute atomic E-state index is 0.109. The van der Waals surface area contributed by atoms with Gasteiger partial charge in [0.05, 0.1) is 11.7 Å². The van der Waals surface area contributed by atoms with E-state index in [1.807, 2.05) is 12.1 Å². The Hall–Kier alpha value is -1.89. The van der Waals surface area contributed by atoms with Gasteiger partial charge >= 0.3 is 0 Å². The molecule has 0 aliphatic heterocycles. The Labute approximate surface area is 151 Å². The van der Waals surface area contributed by atoms with E-state index in [9.17, 15) is 0 Å². The van der Waals surface area contributed by atoms with Crippen molar-refractivity contribution >= 4 is 21.6 Å². The summed E-state index contributed by atoms with van der Waals surface area (Å²) < 4.78 is 0. The standard InChI is InChI=1S/C19H23N5S/c1-2-13(20)16(21)17-15-12-5-3-4-6-14(12)25-19(15)24-18(23-17)11-7-9-22-10-8-11/h7-10,13,16H,2-6,20-21H2,1H3. The van der Waals surface area contributed by atoms with Crippen LogP contribution < -0.4 is 11.5 Å². The molecule has 4 N–H and O–H groups in total. The first-order valence-corrected chi connectivity index (χ1v) is 9.74. The molecular formula is C19H23N5S. The molecule has 6 heteroatoms. The van der Waals surface area contributed by atoms with Crippen molar-refractivity contribution < 1.29 is 0 Å². The molecule has 0 radical (unpaired) electrons. The molecule has 3 aromatic rings. The number of hydrogen-bond acceptors (Lipinski definition) is 6. The molecule has 0 bridgehead atoms. The Balaban J connectivity index is 1.96. The van der Waals surface area contributed by atoms with Crippen molar-refractivity contribution in [3.8, 4) is 11.4 Å². The quantitative estimate of drug-likeness (QED) is 0.750. The van der Waals surface area contributed by atoms with Gasteiger partial charge in [0.1, 0.15) is 4.83 Å². The minimum Gasteiger partial charge on any atom is -0.326 e. The second-order valence-electron chi connectivity index (χ2n) is 6.66. The Bertz CT molecular complexity index is 890. The topological polar surface area (TPSA) is 90.7 Å². The second-order valence-corrected chi connectivity index (χ2v) is 7.74. The number of hydrogen-bond donors (Lipinski definition) is 2. The highest BCUT2D eigenvalue weighted by Gasteiger charge is 2.26. The number of pyridine rings is 1. The fourth-order valence-corrected chi connectivity index (χ4v) is 4.78. The highest BCUT2D eigenvalue weighted by Crippen LogP contribution is 2.39. The third-order valence-corrected chi connectivity index (χ3v) is 6.22. The van der Waals surface area contributed by atoms with Crippen LogP contribution in [-0.4, -0.2) is 21.0 Å². The van der Waals surface area contributed by atoms with Gasteiger partial charge in [0.2, 0.25) is 0 Å². The monoisotopic (exact) mass is 353 g/mol. The van der Waals surface area contributed by atoms with Gasteiger partial charge in [-0.25, -0.2) is 9.97 Å². The lowest BCUT2D eigenvalue weighted by molar-refractivity contribution is 0.525. The van der Waals surface area contributed by atoms with Crippen LogP contribution in [0.25, 0.3) is 21.6 Å². The molecule has 0 aromatic carbocycles. The lowest BCUT2D eigenvalue weighted by Gasteiger charge is -2.20. The number of thiophene rings is 1. The molecule has 2 unspecified atom stereocenters. The molecule has 2 atom stereocenters. The number of nitrogens with two attached hydrogens (primary N) is 2. The molecule has 0 fully saturated rings. The van der Waals surface area contributed by atoms with E-state index in [4.69, 9.17) is 21.4 Å². The summed E-state index contributed by atoms with van der Waals surface area (Å²) in [4.78, 5) is 16.3. The maximum absolute atomic E-state index is 6.53. The van der Waals surface area contributed by atoms with E-state index in [1.54, 1.807) is 23.7 Å². The van der Waals surface area contributed by atoms with Crippen LogP contribution in [-0.2, 0) is 12.8 Å². The Morgan fingerprint density at radius 1 is 1.12 bits per heavy atom. The van der Waals surface area contributed by atoms with Gasteiger partial charge in [-0.3, -0.25) is 4.98 Å². The van der Waals surface area contributed by atoms with Gasteiger partial charge in [-0.15, -0.1) is 11.3 Å². The summed E-state index contributed by atoms with van der Waals surface area (Å²) in [7, 11) is 0. The average molecular weight is 353 g/mol. The Kier molecular flexibility index (Phi) is 4.50. The van der Waals surface area contributed by atoms with Crippen LogP contribution >= 0.6 is 11.3 Å². The summed E-state index contributed by atoms with van der Waals surface area (Å²) in [5.41, 5.74) is 16.1. The van der Waals surface area contributed by atoms with Crippen LogP contribution in [0.5, 0.6) is 0 Å². The zero-order chi connectivity index (χ0) is 17.4. The summed E-state index contributed by atoms with van der Waals surface area (Å²) >= 11 is 1.80. The third-order valence-electron chi connectivity index (χ3n) is 5.03. The second kappa shape index (κ2) is 6.78. The number of fused-ring (bicyclic) bond motifs is 3. The lowest BCUT2D eigenvalue weighted by Crippen LogP contribution is -2.34. The molecule has 0 amide bonds. The third kappa shape index (κ3) is 2.94. The van der Waals surface area contributed by atoms with Crippen molar-refractivity contribution in [2.75, 3.05) is 0 Å². The largest absolute Gasteiger partial charge is 0.326 e. The molecule has 3 heterocycles. The zero-order valence-corrected chi connectivity index (χ0v) is 15.2. The maximum atomic E-state index is 6.53. The molecule has 5 nitrogen and oxygen atoms in total. The summed E-state index contributed by atoms with van der Waals surface area (Å²) in [5.74, 6) is 0.710. The highest BCUT2D eigenvalue weighted by atomic mass is 32.1. The van der Waals surface area contributed by atoms with E-state index < -0.39 is 0 Å². The van der Waals surface area contributed by atoms with Gasteiger partial charge < -0.3 is 11.5 Å². The van der Waals surface area contributed by atoms with Crippen molar-refractivity contribution in [1.29, 1.82) is 0 Å². The van der Waals surface area contributed by atoms with Gasteiger partial charge in [-0.2, -0.15) is 0 Å². The average Bonchev–Trinajstić information content (AvgIpc) is 3.05. The van der Waals surface area contributed by atoms with Crippen molar-refractivity contribution in [3.63, 3.8) is 0 Å². The highest BCUT2D eigenvalue weighted by molar-refractivity contribution is 7.18. The van der Waals surface area contributed by atoms with E-state index in [0.29, 0.717) is 5.82 Å². The predicted molar refractivity (Wildman–Crippen MR) is 102 cm³/mol. The van der Waals surface area contributed by atoms with Crippen LogP contribution in [0, 0.1) is 0 Å². The number of rotatable bonds is 4. The van der Waals surface area contributed by atoms with Crippen LogP contribution in [0.4, 0.5) is 0 Å². The molecular weight excluding hydrogens is 330 g/mol. The summed E-state index contributed by atoms with van der Waals surface area (Å²) in [5, 5.41) is 1.16. The van der Waals surface area contributed by atoms with Gasteiger partial charge in [0, 0.05) is 34.3 Å². The molecule has 0 spiro atoms. The van der Waals surface area contributed by atoms with E-state index >= 15 is 0 Å². The molecule has 4 rings (SSSR count). The fraction of sp³-hybridized carbons (Fsp3) is 0.421. The minimum atomic E-state index is -0.281. The normalized spacial score (nSPS) is 16.6. The first-order chi connectivity index (χ1) is 12.2. The number of aryl methyl sites for hydroxylation is 2. The van der Waals surface area contributed by atoms with E-state index in [1.165, 1.54) is 23.3 Å². The van der Waals surface area contributed by atoms with Gasteiger partial charge in [0.25, 0.3) is 0 Å². The van der Waals surface area contributed by atoms with Crippen molar-refractivity contribution in [2.24, 2.45) is 11.5 Å². The van der Waals surface area contributed by atoms with E-state index in [-0.39, 0.29) is 12.1 Å². The van der Waals surface area contributed by atoms with Gasteiger partial charge in [-0.05, 0) is 49.8 Å². The summed E-state index contributed by atoms with van der Waals surface area (Å²) in [6.45, 7) is 2.07. The molecule has 1 aliphatic carbocycles. The van der Waals surface area contributed by atoms with Crippen molar-refractivity contribution in [3.05, 3.63) is 40.7 Å². The molecule has 0 saturated carbocycles. The van der Waals surface area contributed by atoms with Crippen LogP contribution in [0.3, 0.4) is 0 Å². The maximum Gasteiger partial charge on any atom is 0.161 e. The van der Waals surface area contributed by atoms with Crippen molar-refractivity contribution in [2.45, 2.75) is 51.1 Å². The molecule has 130 valence electrons. The molecule has 25 heavy (non-hydrogen) atoms. The first kappa shape index (κ1) is 16.6. The van der Waals surface area contributed by atoms with Crippen molar-refractivity contribution in [1.82, 2.24) is 15.0 Å². The Morgan fingerprint density at radius 2 is 1.88 bits per heavy atom. The lowest BCUT2D eigenvalue weighted by atomic mass is 9.93. The van der Waals surface area contributed by atoms with Gasteiger partial charge in [-0.1, -0.05) is 6.92 Å². The molecule has 3 aromatic heterocycles. The Morgan fingerprint density at radius 3 is 2.64 bits per heavy atom. The van der Waals surface area contributed by atoms with Crippen LogP contribution in [0.1, 0.15) is 48.4 Å². The smallest absolute Gasteiger partial charge is 0.161 e. The van der Waals surface area contributed by atoms with E-state index in [0.717, 1.165) is 40.7 Å². The first-order valence-electron chi connectivity index (χ1n) is 8.92. The molecule has 1 aliphatic rings. The zero-order valence-electron chi connectivity index (χ0n) is 14.4. The van der Waals surface area contributed by atoms with Crippen LogP contribution in [0.15, 0.2) is 24.5 Å². The van der Waals surface area contributed by atoms with Crippen LogP contribution in [0.2, 0.25) is 0 Å². The fourth-order valence-electron chi connectivity index (χ4n) is 3.51. The molecule has 0 saturated heterocycles. The predicted octanol–water partition coefficient (Wildman–Crippen LogP) is 3.37. The van der Waals surface area contributed by atoms with E-state index in [2.05, 4.69) is 11.9 Å². The van der Waals surface area contributed by atoms with Gasteiger partial charge in [0.15, 0.2) is 5.82 Å². The SMILES string of the molecule is CCC(N)C(N)c1nc(-c2ccncc2)nc2sc3c(c12)CCCC3.